The summed E-state index contributed by atoms with van der Waals surface area (Å²) in [5.41, 5.74) is 2.28. The van der Waals surface area contributed by atoms with E-state index in [4.69, 9.17) is 11.6 Å². The number of rotatable bonds is 2. The van der Waals surface area contributed by atoms with Crippen LogP contribution in [0.15, 0.2) is 30.3 Å². The van der Waals surface area contributed by atoms with Gasteiger partial charge in [0.05, 0.1) is 12.1 Å². The summed E-state index contributed by atoms with van der Waals surface area (Å²) in [7, 11) is 0. The van der Waals surface area contributed by atoms with Crippen LogP contribution in [0.2, 0.25) is 5.15 Å². The van der Waals surface area contributed by atoms with Gasteiger partial charge in [0.1, 0.15) is 16.8 Å². The van der Waals surface area contributed by atoms with Gasteiger partial charge in [0.25, 0.3) is 0 Å². The molecule has 2 unspecified atom stereocenters. The Hall–Kier alpha value is -1.65. The first-order valence-corrected chi connectivity index (χ1v) is 6.55. The molecule has 0 radical (unpaired) electrons. The highest BCUT2D eigenvalue weighted by molar-refractivity contribution is 6.29. The van der Waals surface area contributed by atoms with Crippen molar-refractivity contribution in [1.29, 1.82) is 0 Å². The number of anilines is 1. The maximum absolute atomic E-state index is 10.2. The van der Waals surface area contributed by atoms with Gasteiger partial charge in [0, 0.05) is 12.5 Å². The summed E-state index contributed by atoms with van der Waals surface area (Å²) in [6, 6.07) is 9.55. The molecule has 0 saturated heterocycles. The zero-order valence-corrected chi connectivity index (χ0v) is 11.2. The number of nitrogens with one attached hydrogen (secondary N) is 1. The monoisotopic (exact) mass is 275 g/mol. The molecule has 0 saturated carbocycles. The molecule has 1 aliphatic carbocycles. The van der Waals surface area contributed by atoms with Crippen molar-refractivity contribution in [3.05, 3.63) is 52.4 Å². The molecular formula is C14H14ClN3O. The molecule has 98 valence electrons. The minimum Gasteiger partial charge on any atom is -0.390 e. The van der Waals surface area contributed by atoms with E-state index in [9.17, 15) is 5.11 Å². The topological polar surface area (TPSA) is 58.0 Å². The quantitative estimate of drug-likeness (QED) is 0.827. The van der Waals surface area contributed by atoms with E-state index >= 15 is 0 Å². The van der Waals surface area contributed by atoms with E-state index in [-0.39, 0.29) is 6.04 Å². The van der Waals surface area contributed by atoms with Gasteiger partial charge < -0.3 is 10.4 Å². The third kappa shape index (κ3) is 2.41. The van der Waals surface area contributed by atoms with Gasteiger partial charge in [-0.2, -0.15) is 0 Å². The van der Waals surface area contributed by atoms with Gasteiger partial charge in [-0.3, -0.25) is 0 Å². The number of hydrogen-bond donors (Lipinski definition) is 2. The van der Waals surface area contributed by atoms with E-state index in [1.807, 2.05) is 24.3 Å². The zero-order chi connectivity index (χ0) is 13.4. The van der Waals surface area contributed by atoms with Crippen molar-refractivity contribution in [2.24, 2.45) is 0 Å². The smallest absolute Gasteiger partial charge is 0.134 e. The molecule has 2 N–H and O–H groups in total. The molecule has 19 heavy (non-hydrogen) atoms. The summed E-state index contributed by atoms with van der Waals surface area (Å²) in [5.74, 6) is 1.24. The van der Waals surface area contributed by atoms with Crippen LogP contribution in [0.4, 0.5) is 5.82 Å². The van der Waals surface area contributed by atoms with Crippen LogP contribution in [-0.4, -0.2) is 21.2 Å². The predicted octanol–water partition coefficient (Wildman–Crippen LogP) is 2.51. The molecular weight excluding hydrogens is 262 g/mol. The number of halogens is 1. The lowest BCUT2D eigenvalue weighted by Gasteiger charge is -2.18. The molecule has 2 atom stereocenters. The van der Waals surface area contributed by atoms with Gasteiger partial charge >= 0.3 is 0 Å². The van der Waals surface area contributed by atoms with E-state index in [1.165, 1.54) is 5.56 Å². The number of aliphatic hydroxyl groups excluding tert-OH is 1. The van der Waals surface area contributed by atoms with Crippen LogP contribution < -0.4 is 5.32 Å². The summed E-state index contributed by atoms with van der Waals surface area (Å²) in [6.07, 6.45) is 0.206. The summed E-state index contributed by atoms with van der Waals surface area (Å²) in [4.78, 5) is 8.31. The fraction of sp³-hybridized carbons (Fsp3) is 0.286. The van der Waals surface area contributed by atoms with Crippen LogP contribution in [0, 0.1) is 6.92 Å². The van der Waals surface area contributed by atoms with Gasteiger partial charge in [0.15, 0.2) is 0 Å². The molecule has 1 aromatic carbocycles. The molecule has 3 rings (SSSR count). The highest BCUT2D eigenvalue weighted by Crippen LogP contribution is 2.33. The fourth-order valence-corrected chi connectivity index (χ4v) is 2.74. The van der Waals surface area contributed by atoms with E-state index < -0.39 is 6.10 Å². The van der Waals surface area contributed by atoms with Crippen LogP contribution in [0.3, 0.4) is 0 Å². The molecule has 4 nitrogen and oxygen atoms in total. The third-order valence-electron chi connectivity index (χ3n) is 3.31. The number of aromatic nitrogens is 2. The van der Waals surface area contributed by atoms with E-state index in [1.54, 1.807) is 13.0 Å². The van der Waals surface area contributed by atoms with Gasteiger partial charge in [-0.25, -0.2) is 9.97 Å². The maximum Gasteiger partial charge on any atom is 0.134 e. The third-order valence-corrected chi connectivity index (χ3v) is 3.51. The van der Waals surface area contributed by atoms with Crippen LogP contribution in [0.25, 0.3) is 0 Å². The van der Waals surface area contributed by atoms with Crippen LogP contribution in [0.1, 0.15) is 23.0 Å². The van der Waals surface area contributed by atoms with Crippen molar-refractivity contribution in [2.45, 2.75) is 25.5 Å². The van der Waals surface area contributed by atoms with Crippen molar-refractivity contribution < 1.29 is 5.11 Å². The predicted molar refractivity (Wildman–Crippen MR) is 74.3 cm³/mol. The molecule has 5 heteroatoms. The summed E-state index contributed by atoms with van der Waals surface area (Å²) in [5, 5.41) is 13.8. The second kappa shape index (κ2) is 4.79. The van der Waals surface area contributed by atoms with Crippen molar-refractivity contribution in [3.8, 4) is 0 Å². The first kappa shape index (κ1) is 12.4. The van der Waals surface area contributed by atoms with Crippen LogP contribution in [0.5, 0.6) is 0 Å². The van der Waals surface area contributed by atoms with Crippen molar-refractivity contribution in [3.63, 3.8) is 0 Å². The maximum atomic E-state index is 10.2. The van der Waals surface area contributed by atoms with Gasteiger partial charge in [-0.15, -0.1) is 0 Å². The van der Waals surface area contributed by atoms with Crippen molar-refractivity contribution >= 4 is 17.4 Å². The minimum absolute atomic E-state index is 0.151. The number of nitrogens with zero attached hydrogens (tertiary/aromatic N) is 2. The highest BCUT2D eigenvalue weighted by Gasteiger charge is 2.30. The Kier molecular flexibility index (Phi) is 3.12. The van der Waals surface area contributed by atoms with E-state index in [0.717, 1.165) is 5.56 Å². The van der Waals surface area contributed by atoms with Crippen molar-refractivity contribution in [2.75, 3.05) is 5.32 Å². The second-order valence-corrected chi connectivity index (χ2v) is 5.10. The lowest BCUT2D eigenvalue weighted by Crippen LogP contribution is -2.21. The lowest BCUT2D eigenvalue weighted by molar-refractivity contribution is 0.165. The fourth-order valence-electron chi connectivity index (χ4n) is 2.51. The molecule has 1 aliphatic rings. The van der Waals surface area contributed by atoms with Gasteiger partial charge in [-0.05, 0) is 18.1 Å². The summed E-state index contributed by atoms with van der Waals surface area (Å²) >= 11 is 5.92. The number of benzene rings is 1. The molecule has 0 spiro atoms. The standard InChI is InChI=1S/C14H14ClN3O/c1-8-16-12(15)7-13(17-8)18-14-10-5-3-2-4-9(10)6-11(14)19/h2-5,7,11,14,19H,6H2,1H3,(H,16,17,18). The lowest BCUT2D eigenvalue weighted by atomic mass is 10.1. The average molecular weight is 276 g/mol. The number of hydrogen-bond acceptors (Lipinski definition) is 4. The largest absolute Gasteiger partial charge is 0.390 e. The number of aliphatic hydroxyl groups is 1. The number of aryl methyl sites for hydroxylation is 1. The van der Waals surface area contributed by atoms with E-state index in [0.29, 0.717) is 23.2 Å². The first-order valence-electron chi connectivity index (χ1n) is 6.17. The Labute approximate surface area is 116 Å². The van der Waals surface area contributed by atoms with Gasteiger partial charge in [0.2, 0.25) is 0 Å². The second-order valence-electron chi connectivity index (χ2n) is 4.72. The number of fused-ring (bicyclic) bond motifs is 1. The Morgan fingerprint density at radius 1 is 1.32 bits per heavy atom. The highest BCUT2D eigenvalue weighted by atomic mass is 35.5. The molecule has 0 fully saturated rings. The van der Waals surface area contributed by atoms with Gasteiger partial charge in [-0.1, -0.05) is 35.9 Å². The Morgan fingerprint density at radius 3 is 2.89 bits per heavy atom. The zero-order valence-electron chi connectivity index (χ0n) is 10.5. The average Bonchev–Trinajstić information content (AvgIpc) is 2.65. The van der Waals surface area contributed by atoms with Crippen LogP contribution in [-0.2, 0) is 6.42 Å². The Morgan fingerprint density at radius 2 is 2.11 bits per heavy atom. The molecule has 0 amide bonds. The molecule has 0 aliphatic heterocycles. The molecule has 1 heterocycles. The normalized spacial score (nSPS) is 21.2. The van der Waals surface area contributed by atoms with E-state index in [2.05, 4.69) is 15.3 Å². The summed E-state index contributed by atoms with van der Waals surface area (Å²) in [6.45, 7) is 1.79. The van der Waals surface area contributed by atoms with Crippen molar-refractivity contribution in [1.82, 2.24) is 9.97 Å². The summed E-state index contributed by atoms with van der Waals surface area (Å²) < 4.78 is 0. The minimum atomic E-state index is -0.452. The SMILES string of the molecule is Cc1nc(Cl)cc(NC2c3ccccc3CC2O)n1. The Balaban J connectivity index is 1.91. The Bertz CT molecular complexity index is 597. The first-order chi connectivity index (χ1) is 9.13. The van der Waals surface area contributed by atoms with Crippen LogP contribution >= 0.6 is 11.6 Å². The molecule has 0 bridgehead atoms. The molecule has 1 aromatic heterocycles. The molecule has 2 aromatic rings.